The minimum Gasteiger partial charge on any atom is -0.427 e. The van der Waals surface area contributed by atoms with E-state index in [4.69, 9.17) is 4.42 Å². The van der Waals surface area contributed by atoms with Crippen LogP contribution in [0.3, 0.4) is 0 Å². The Morgan fingerprint density at radius 1 is 1.40 bits per heavy atom. The molecule has 5 heteroatoms. The van der Waals surface area contributed by atoms with Crippen LogP contribution in [0.4, 0.5) is 0 Å². The Labute approximate surface area is 87.1 Å². The zero-order valence-electron chi connectivity index (χ0n) is 8.74. The van der Waals surface area contributed by atoms with Crippen LogP contribution in [-0.2, 0) is 13.1 Å². The van der Waals surface area contributed by atoms with Crippen LogP contribution in [0.5, 0.6) is 0 Å². The highest BCUT2D eigenvalue weighted by Crippen LogP contribution is 2.17. The van der Waals surface area contributed by atoms with Crippen LogP contribution >= 0.6 is 0 Å². The van der Waals surface area contributed by atoms with E-state index in [1.165, 1.54) is 5.56 Å². The Morgan fingerprint density at radius 2 is 2.27 bits per heavy atom. The number of hydrogen-bond acceptors (Lipinski definition) is 4. The Hall–Kier alpha value is -1.62. The molecule has 2 aromatic rings. The molecule has 0 atom stereocenters. The summed E-state index contributed by atoms with van der Waals surface area (Å²) < 4.78 is 7.22. The molecule has 15 heavy (non-hydrogen) atoms. The zero-order valence-corrected chi connectivity index (χ0v) is 8.74. The van der Waals surface area contributed by atoms with E-state index in [0.717, 1.165) is 30.2 Å². The van der Waals surface area contributed by atoms with Gasteiger partial charge < -0.3 is 9.73 Å². The number of hydrogen-bond donors (Lipinski definition) is 1. The maximum Gasteiger partial charge on any atom is 0.323 e. The standard InChI is InChI=1S/C10H12N4O/c1-6-7(2)15-10(12-6)14-5-8-3-11-4-9(8)13-14/h5,11H,3-4H2,1-2H3. The third-order valence-corrected chi connectivity index (χ3v) is 2.70. The summed E-state index contributed by atoms with van der Waals surface area (Å²) in [7, 11) is 0. The Kier molecular flexibility index (Phi) is 1.70. The van der Waals surface area contributed by atoms with E-state index in [0.29, 0.717) is 6.01 Å². The summed E-state index contributed by atoms with van der Waals surface area (Å²) in [5.74, 6) is 0.846. The average Bonchev–Trinajstić information content (AvgIpc) is 2.80. The van der Waals surface area contributed by atoms with Crippen molar-refractivity contribution >= 4 is 0 Å². The van der Waals surface area contributed by atoms with Gasteiger partial charge in [0.2, 0.25) is 0 Å². The van der Waals surface area contributed by atoms with Crippen LogP contribution in [0.1, 0.15) is 22.7 Å². The Balaban J connectivity index is 2.05. The summed E-state index contributed by atoms with van der Waals surface area (Å²) in [5.41, 5.74) is 3.23. The number of rotatable bonds is 1. The van der Waals surface area contributed by atoms with Gasteiger partial charge in [-0.1, -0.05) is 0 Å². The summed E-state index contributed by atoms with van der Waals surface area (Å²) in [6.45, 7) is 5.56. The van der Waals surface area contributed by atoms with Crippen LogP contribution in [0.15, 0.2) is 10.6 Å². The molecule has 5 nitrogen and oxygen atoms in total. The highest BCUT2D eigenvalue weighted by atomic mass is 16.4. The van der Waals surface area contributed by atoms with Crippen molar-refractivity contribution in [1.82, 2.24) is 20.1 Å². The number of fused-ring (bicyclic) bond motifs is 1. The normalized spacial score (nSPS) is 14.5. The van der Waals surface area contributed by atoms with Gasteiger partial charge in [0, 0.05) is 24.8 Å². The van der Waals surface area contributed by atoms with Crippen molar-refractivity contribution in [3.63, 3.8) is 0 Å². The van der Waals surface area contributed by atoms with Gasteiger partial charge in [0.1, 0.15) is 5.76 Å². The molecule has 0 radical (unpaired) electrons. The number of aryl methyl sites for hydroxylation is 2. The fourth-order valence-electron chi connectivity index (χ4n) is 1.71. The smallest absolute Gasteiger partial charge is 0.323 e. The topological polar surface area (TPSA) is 55.9 Å². The first-order valence-electron chi connectivity index (χ1n) is 4.96. The van der Waals surface area contributed by atoms with Crippen LogP contribution < -0.4 is 5.32 Å². The molecule has 3 rings (SSSR count). The molecular formula is C10H12N4O. The van der Waals surface area contributed by atoms with Crippen LogP contribution in [0.2, 0.25) is 0 Å². The maximum absolute atomic E-state index is 5.51. The van der Waals surface area contributed by atoms with Crippen molar-refractivity contribution in [3.8, 4) is 6.01 Å². The van der Waals surface area contributed by atoms with E-state index in [1.54, 1.807) is 4.68 Å². The van der Waals surface area contributed by atoms with Crippen molar-refractivity contribution in [3.05, 3.63) is 28.9 Å². The molecule has 0 fully saturated rings. The molecule has 0 saturated heterocycles. The van der Waals surface area contributed by atoms with Crippen molar-refractivity contribution in [1.29, 1.82) is 0 Å². The van der Waals surface area contributed by atoms with E-state index in [2.05, 4.69) is 15.4 Å². The van der Waals surface area contributed by atoms with E-state index in [1.807, 2.05) is 20.0 Å². The third-order valence-electron chi connectivity index (χ3n) is 2.70. The summed E-state index contributed by atoms with van der Waals surface area (Å²) in [6, 6.07) is 0.555. The molecule has 0 unspecified atom stereocenters. The lowest BCUT2D eigenvalue weighted by Gasteiger charge is -1.94. The van der Waals surface area contributed by atoms with Crippen molar-refractivity contribution in [2.24, 2.45) is 0 Å². The molecule has 0 spiro atoms. The lowest BCUT2D eigenvalue weighted by molar-refractivity contribution is 0.483. The molecule has 1 aliphatic rings. The highest BCUT2D eigenvalue weighted by Gasteiger charge is 2.17. The molecular weight excluding hydrogens is 192 g/mol. The molecule has 0 aromatic carbocycles. The van der Waals surface area contributed by atoms with E-state index < -0.39 is 0 Å². The minimum absolute atomic E-state index is 0.555. The van der Waals surface area contributed by atoms with Crippen molar-refractivity contribution in [2.75, 3.05) is 0 Å². The summed E-state index contributed by atoms with van der Waals surface area (Å²) in [6.07, 6.45) is 1.97. The monoisotopic (exact) mass is 204 g/mol. The summed E-state index contributed by atoms with van der Waals surface area (Å²) in [4.78, 5) is 4.31. The molecule has 2 aromatic heterocycles. The van der Waals surface area contributed by atoms with Crippen molar-refractivity contribution in [2.45, 2.75) is 26.9 Å². The molecule has 78 valence electrons. The second kappa shape index (κ2) is 2.93. The van der Waals surface area contributed by atoms with Crippen LogP contribution in [0, 0.1) is 13.8 Å². The van der Waals surface area contributed by atoms with Gasteiger partial charge >= 0.3 is 6.01 Å². The fraction of sp³-hybridized carbons (Fsp3) is 0.400. The Bertz CT molecular complexity index is 470. The van der Waals surface area contributed by atoms with E-state index in [-0.39, 0.29) is 0 Å². The molecule has 0 aliphatic carbocycles. The Morgan fingerprint density at radius 3 is 2.93 bits per heavy atom. The van der Waals surface area contributed by atoms with Crippen LogP contribution in [-0.4, -0.2) is 14.8 Å². The number of nitrogens with one attached hydrogen (secondary N) is 1. The molecule has 0 amide bonds. The second-order valence-electron chi connectivity index (χ2n) is 3.79. The maximum atomic E-state index is 5.51. The zero-order chi connectivity index (χ0) is 10.4. The molecule has 1 aliphatic heterocycles. The first-order chi connectivity index (χ1) is 7.24. The fourth-order valence-corrected chi connectivity index (χ4v) is 1.71. The van der Waals surface area contributed by atoms with Gasteiger partial charge in [0.05, 0.1) is 11.4 Å². The molecule has 3 heterocycles. The van der Waals surface area contributed by atoms with Gasteiger partial charge in [0.25, 0.3) is 0 Å². The first kappa shape index (κ1) is 8.67. The lowest BCUT2D eigenvalue weighted by Crippen LogP contribution is -2.05. The largest absolute Gasteiger partial charge is 0.427 e. The van der Waals surface area contributed by atoms with Gasteiger partial charge in [-0.2, -0.15) is 14.8 Å². The number of aromatic nitrogens is 3. The molecule has 0 saturated carbocycles. The minimum atomic E-state index is 0.555. The van der Waals surface area contributed by atoms with Gasteiger partial charge in [-0.3, -0.25) is 0 Å². The van der Waals surface area contributed by atoms with Crippen LogP contribution in [0.25, 0.3) is 6.01 Å². The quantitative estimate of drug-likeness (QED) is 0.755. The first-order valence-corrected chi connectivity index (χ1v) is 4.96. The van der Waals surface area contributed by atoms with Crippen molar-refractivity contribution < 1.29 is 4.42 Å². The van der Waals surface area contributed by atoms with Gasteiger partial charge in [-0.15, -0.1) is 0 Å². The average molecular weight is 204 g/mol. The predicted molar refractivity (Wildman–Crippen MR) is 53.6 cm³/mol. The number of oxazole rings is 1. The third kappa shape index (κ3) is 1.27. The van der Waals surface area contributed by atoms with Gasteiger partial charge in [-0.25, -0.2) is 0 Å². The molecule has 0 bridgehead atoms. The van der Waals surface area contributed by atoms with Gasteiger partial charge in [-0.05, 0) is 13.8 Å². The SMILES string of the molecule is Cc1nc(-n2cc3c(n2)CNC3)oc1C. The predicted octanol–water partition coefficient (Wildman–Crippen LogP) is 1.08. The second-order valence-corrected chi connectivity index (χ2v) is 3.79. The summed E-state index contributed by atoms with van der Waals surface area (Å²) in [5, 5.41) is 7.65. The highest BCUT2D eigenvalue weighted by molar-refractivity contribution is 5.25. The summed E-state index contributed by atoms with van der Waals surface area (Å²) >= 11 is 0. The number of nitrogens with zero attached hydrogens (tertiary/aromatic N) is 3. The van der Waals surface area contributed by atoms with E-state index >= 15 is 0 Å². The van der Waals surface area contributed by atoms with Gasteiger partial charge in [0.15, 0.2) is 0 Å². The van der Waals surface area contributed by atoms with E-state index in [9.17, 15) is 0 Å². The lowest BCUT2D eigenvalue weighted by atomic mass is 10.3. The molecule has 1 N–H and O–H groups in total.